The Morgan fingerprint density at radius 3 is 2.53 bits per heavy atom. The van der Waals surface area contributed by atoms with E-state index in [4.69, 9.17) is 0 Å². The van der Waals surface area contributed by atoms with Crippen LogP contribution in [0.1, 0.15) is 23.7 Å². The van der Waals surface area contributed by atoms with Gasteiger partial charge in [-0.2, -0.15) is 0 Å². The topological polar surface area (TPSA) is 55.4 Å². The van der Waals surface area contributed by atoms with Gasteiger partial charge in [-0.15, -0.1) is 0 Å². The minimum atomic E-state index is -1.05. The molecular weight excluding hydrogens is 324 g/mol. The van der Waals surface area contributed by atoms with E-state index in [-0.39, 0.29) is 5.69 Å². The number of amides is 1. The van der Waals surface area contributed by atoms with Crippen LogP contribution < -0.4 is 5.32 Å². The number of benzene rings is 1. The highest BCUT2D eigenvalue weighted by Gasteiger charge is 2.19. The molecule has 1 amide bonds. The van der Waals surface area contributed by atoms with Crippen molar-refractivity contribution < 1.29 is 23.1 Å². The van der Waals surface area contributed by atoms with Crippen molar-refractivity contribution in [1.82, 2.24) is 0 Å². The minimum absolute atomic E-state index is 0.273. The first kappa shape index (κ1) is 15.6. The van der Waals surface area contributed by atoms with Crippen LogP contribution >= 0.6 is 15.9 Å². The number of anilines is 1. The average Bonchev–Trinajstić information content (AvgIpc) is 2.39. The molecule has 104 valence electrons. The van der Waals surface area contributed by atoms with Gasteiger partial charge in [0, 0.05) is 6.07 Å². The van der Waals surface area contributed by atoms with E-state index in [1.165, 1.54) is 0 Å². The molecule has 0 spiro atoms. The highest BCUT2D eigenvalue weighted by Crippen LogP contribution is 2.21. The van der Waals surface area contributed by atoms with Crippen molar-refractivity contribution in [2.75, 3.05) is 12.4 Å². The second-order valence-corrected chi connectivity index (χ2v) is 4.77. The molecule has 0 aliphatic rings. The van der Waals surface area contributed by atoms with Crippen molar-refractivity contribution in [2.45, 2.75) is 18.2 Å². The Morgan fingerprint density at radius 1 is 1.37 bits per heavy atom. The minimum Gasteiger partial charge on any atom is -0.465 e. The normalized spacial score (nSPS) is 11.8. The summed E-state index contributed by atoms with van der Waals surface area (Å²) in [6.07, 6.45) is 0.499. The fourth-order valence-electron chi connectivity index (χ4n) is 1.31. The van der Waals surface area contributed by atoms with E-state index in [0.29, 0.717) is 12.5 Å². The van der Waals surface area contributed by atoms with Crippen molar-refractivity contribution in [1.29, 1.82) is 0 Å². The van der Waals surface area contributed by atoms with Gasteiger partial charge in [-0.3, -0.25) is 4.79 Å². The third kappa shape index (κ3) is 3.73. The monoisotopic (exact) mass is 335 g/mol. The van der Waals surface area contributed by atoms with Gasteiger partial charge in [-0.25, -0.2) is 13.6 Å². The van der Waals surface area contributed by atoms with E-state index in [2.05, 4.69) is 26.0 Å². The lowest BCUT2D eigenvalue weighted by atomic mass is 10.1. The summed E-state index contributed by atoms with van der Waals surface area (Å²) < 4.78 is 31.2. The predicted molar refractivity (Wildman–Crippen MR) is 69.3 cm³/mol. The summed E-state index contributed by atoms with van der Waals surface area (Å²) in [6, 6.07) is 1.43. The van der Waals surface area contributed by atoms with E-state index in [0.717, 1.165) is 13.2 Å². The molecule has 0 aromatic heterocycles. The van der Waals surface area contributed by atoms with Crippen LogP contribution in [0.4, 0.5) is 14.5 Å². The summed E-state index contributed by atoms with van der Waals surface area (Å²) in [5.41, 5.74) is -0.716. The fourth-order valence-corrected chi connectivity index (χ4v) is 1.42. The second kappa shape index (κ2) is 6.60. The lowest BCUT2D eigenvalue weighted by Gasteiger charge is -2.11. The smallest absolute Gasteiger partial charge is 0.340 e. The Balaban J connectivity index is 3.08. The van der Waals surface area contributed by atoms with Crippen LogP contribution in [0.2, 0.25) is 0 Å². The number of rotatable bonds is 4. The van der Waals surface area contributed by atoms with Gasteiger partial charge in [0.1, 0.15) is 11.6 Å². The molecule has 1 aromatic rings. The van der Waals surface area contributed by atoms with Gasteiger partial charge in [0.15, 0.2) is 0 Å². The van der Waals surface area contributed by atoms with Gasteiger partial charge in [0.2, 0.25) is 5.91 Å². The molecule has 0 saturated carbocycles. The molecule has 0 bridgehead atoms. The third-order valence-electron chi connectivity index (χ3n) is 2.36. The molecule has 0 aliphatic heterocycles. The average molecular weight is 336 g/mol. The van der Waals surface area contributed by atoms with Crippen molar-refractivity contribution in [3.05, 3.63) is 29.3 Å². The van der Waals surface area contributed by atoms with E-state index >= 15 is 0 Å². The zero-order valence-electron chi connectivity index (χ0n) is 10.3. The lowest BCUT2D eigenvalue weighted by Crippen LogP contribution is -2.23. The van der Waals surface area contributed by atoms with Gasteiger partial charge in [0.25, 0.3) is 0 Å². The highest BCUT2D eigenvalue weighted by atomic mass is 79.9. The number of nitrogens with one attached hydrogen (secondary N) is 1. The number of ether oxygens (including phenoxy) is 1. The summed E-state index contributed by atoms with van der Waals surface area (Å²) in [5.74, 6) is -3.44. The number of halogens is 3. The largest absolute Gasteiger partial charge is 0.465 e. The molecule has 0 radical (unpaired) electrons. The molecule has 0 fully saturated rings. The maximum Gasteiger partial charge on any atom is 0.340 e. The molecule has 4 nitrogen and oxygen atoms in total. The maximum absolute atomic E-state index is 13.5. The first-order valence-electron chi connectivity index (χ1n) is 5.43. The van der Waals surface area contributed by atoms with Crippen molar-refractivity contribution >= 4 is 33.5 Å². The number of methoxy groups -OCH3 is 1. The maximum atomic E-state index is 13.5. The highest BCUT2D eigenvalue weighted by molar-refractivity contribution is 9.10. The van der Waals surface area contributed by atoms with Gasteiger partial charge >= 0.3 is 5.97 Å². The quantitative estimate of drug-likeness (QED) is 0.680. The van der Waals surface area contributed by atoms with Crippen molar-refractivity contribution in [3.63, 3.8) is 0 Å². The van der Waals surface area contributed by atoms with Crippen LogP contribution in [-0.4, -0.2) is 23.8 Å². The number of esters is 1. The molecule has 1 rings (SSSR count). The SMILES string of the molecule is CCC(Br)C(=O)Nc1cc(C(=O)OC)c(F)cc1F. The Bertz CT molecular complexity index is 508. The van der Waals surface area contributed by atoms with Crippen LogP contribution in [0.5, 0.6) is 0 Å². The van der Waals surface area contributed by atoms with Crippen LogP contribution in [0.25, 0.3) is 0 Å². The van der Waals surface area contributed by atoms with E-state index in [9.17, 15) is 18.4 Å². The Labute approximate surface area is 117 Å². The molecule has 7 heteroatoms. The number of hydrogen-bond donors (Lipinski definition) is 1. The number of carbonyl (C=O) groups is 2. The molecular formula is C12H12BrF2NO3. The fraction of sp³-hybridized carbons (Fsp3) is 0.333. The summed E-state index contributed by atoms with van der Waals surface area (Å²) in [6.45, 7) is 1.76. The van der Waals surface area contributed by atoms with Gasteiger partial charge in [-0.1, -0.05) is 22.9 Å². The summed E-state index contributed by atoms with van der Waals surface area (Å²) in [7, 11) is 1.08. The van der Waals surface area contributed by atoms with Crippen LogP contribution in [0, 0.1) is 11.6 Å². The van der Waals surface area contributed by atoms with Gasteiger partial charge < -0.3 is 10.1 Å². The van der Waals surface area contributed by atoms with Crippen molar-refractivity contribution in [3.8, 4) is 0 Å². The molecule has 1 N–H and O–H groups in total. The predicted octanol–water partition coefficient (Wildman–Crippen LogP) is 2.86. The Morgan fingerprint density at radius 2 is 2.00 bits per heavy atom. The second-order valence-electron chi connectivity index (χ2n) is 3.67. The Hall–Kier alpha value is -1.50. The van der Waals surface area contributed by atoms with Crippen molar-refractivity contribution in [2.24, 2.45) is 0 Å². The first-order chi connectivity index (χ1) is 8.90. The van der Waals surface area contributed by atoms with Gasteiger partial charge in [0.05, 0.1) is 23.2 Å². The summed E-state index contributed by atoms with van der Waals surface area (Å²) >= 11 is 3.10. The zero-order chi connectivity index (χ0) is 14.6. The number of hydrogen-bond acceptors (Lipinski definition) is 3. The third-order valence-corrected chi connectivity index (χ3v) is 3.43. The molecule has 0 aliphatic carbocycles. The molecule has 0 saturated heterocycles. The van der Waals surface area contributed by atoms with Crippen LogP contribution in [0.15, 0.2) is 12.1 Å². The van der Waals surface area contributed by atoms with E-state index in [1.54, 1.807) is 6.92 Å². The summed E-state index contributed by atoms with van der Waals surface area (Å²) in [4.78, 5) is 22.4. The van der Waals surface area contributed by atoms with E-state index in [1.807, 2.05) is 0 Å². The molecule has 0 heterocycles. The van der Waals surface area contributed by atoms with Gasteiger partial charge in [-0.05, 0) is 12.5 Å². The molecule has 1 unspecified atom stereocenters. The standard InChI is InChI=1S/C12H12BrF2NO3/c1-3-7(13)11(17)16-10-4-6(12(18)19-2)8(14)5-9(10)15/h4-5,7H,3H2,1-2H3,(H,16,17). The molecule has 1 atom stereocenters. The zero-order valence-corrected chi connectivity index (χ0v) is 11.9. The number of carbonyl (C=O) groups excluding carboxylic acids is 2. The van der Waals surface area contributed by atoms with Crippen LogP contribution in [0.3, 0.4) is 0 Å². The molecule has 19 heavy (non-hydrogen) atoms. The Kier molecular flexibility index (Phi) is 5.41. The number of alkyl halides is 1. The first-order valence-corrected chi connectivity index (χ1v) is 6.34. The molecule has 1 aromatic carbocycles. The summed E-state index contributed by atoms with van der Waals surface area (Å²) in [5, 5.41) is 2.27. The van der Waals surface area contributed by atoms with E-state index < -0.39 is 33.9 Å². The lowest BCUT2D eigenvalue weighted by molar-refractivity contribution is -0.115. The van der Waals surface area contributed by atoms with Crippen LogP contribution in [-0.2, 0) is 9.53 Å².